The summed E-state index contributed by atoms with van der Waals surface area (Å²) < 4.78 is 40.9. The lowest BCUT2D eigenvalue weighted by Gasteiger charge is -2.32. The molecule has 7 heteroatoms. The van der Waals surface area contributed by atoms with Crippen molar-refractivity contribution in [2.45, 2.75) is 18.7 Å². The first kappa shape index (κ1) is 12.3. The van der Waals surface area contributed by atoms with E-state index in [9.17, 15) is 18.0 Å². The fourth-order valence-corrected chi connectivity index (χ4v) is 1.37. The molecule has 1 rings (SSSR count). The highest BCUT2D eigenvalue weighted by molar-refractivity contribution is 5.77. The largest absolute Gasteiger partial charge is 0.397 e. The van der Waals surface area contributed by atoms with Crippen molar-refractivity contribution in [2.75, 3.05) is 26.2 Å². The first-order chi connectivity index (χ1) is 6.92. The molecule has 0 saturated carbocycles. The van der Waals surface area contributed by atoms with E-state index in [1.807, 2.05) is 0 Å². The molecule has 0 aromatic carbocycles. The second-order valence-corrected chi connectivity index (χ2v) is 3.36. The van der Waals surface area contributed by atoms with Gasteiger partial charge >= 0.3 is 6.18 Å². The van der Waals surface area contributed by atoms with E-state index in [2.05, 4.69) is 0 Å². The van der Waals surface area contributed by atoms with Crippen LogP contribution in [0.2, 0.25) is 0 Å². The van der Waals surface area contributed by atoms with Crippen molar-refractivity contribution in [3.8, 4) is 0 Å². The average Bonchev–Trinajstić information content (AvgIpc) is 2.15. The number of carbonyl (C=O) groups is 1. The Morgan fingerprint density at radius 2 is 2.20 bits per heavy atom. The zero-order chi connectivity index (χ0) is 11.5. The van der Waals surface area contributed by atoms with Gasteiger partial charge in [-0.25, -0.2) is 0 Å². The predicted octanol–water partition coefficient (Wildman–Crippen LogP) is 0.125. The lowest BCUT2D eigenvalue weighted by molar-refractivity contribution is -0.165. The quantitative estimate of drug-likeness (QED) is 0.727. The van der Waals surface area contributed by atoms with Crippen LogP contribution in [-0.2, 0) is 9.53 Å². The van der Waals surface area contributed by atoms with Crippen molar-refractivity contribution in [1.29, 1.82) is 0 Å². The summed E-state index contributed by atoms with van der Waals surface area (Å²) in [6.07, 6.45) is -6.21. The number of morpholine rings is 1. The number of amides is 1. The number of alkyl halides is 3. The van der Waals surface area contributed by atoms with E-state index in [1.165, 1.54) is 0 Å². The van der Waals surface area contributed by atoms with E-state index in [4.69, 9.17) is 10.5 Å². The Balaban J connectivity index is 2.45. The molecular weight excluding hydrogens is 213 g/mol. The van der Waals surface area contributed by atoms with Crippen molar-refractivity contribution in [2.24, 2.45) is 5.73 Å². The number of nitrogens with zero attached hydrogens (tertiary/aromatic N) is 1. The van der Waals surface area contributed by atoms with E-state index in [-0.39, 0.29) is 32.3 Å². The highest BCUT2D eigenvalue weighted by Crippen LogP contribution is 2.21. The van der Waals surface area contributed by atoms with Crippen LogP contribution in [-0.4, -0.2) is 49.3 Å². The minimum absolute atomic E-state index is 0.144. The summed E-state index contributed by atoms with van der Waals surface area (Å²) in [6.45, 7) is 0.790. The Kier molecular flexibility index (Phi) is 3.92. The number of rotatable bonds is 2. The molecule has 1 fully saturated rings. The van der Waals surface area contributed by atoms with E-state index in [0.717, 1.165) is 4.90 Å². The normalized spacial score (nSPS) is 22.9. The molecule has 1 aliphatic heterocycles. The lowest BCUT2D eigenvalue weighted by Crippen LogP contribution is -2.48. The van der Waals surface area contributed by atoms with Crippen molar-refractivity contribution in [3.63, 3.8) is 0 Å². The van der Waals surface area contributed by atoms with Gasteiger partial charge < -0.3 is 15.4 Å². The van der Waals surface area contributed by atoms with Crippen LogP contribution >= 0.6 is 0 Å². The molecule has 4 nitrogen and oxygen atoms in total. The highest BCUT2D eigenvalue weighted by Gasteiger charge is 2.34. The van der Waals surface area contributed by atoms with Gasteiger partial charge in [0.15, 0.2) is 0 Å². The number of carbonyl (C=O) groups excluding carboxylic acids is 1. The Bertz CT molecular complexity index is 232. The minimum Gasteiger partial charge on any atom is -0.373 e. The molecule has 1 saturated heterocycles. The van der Waals surface area contributed by atoms with Gasteiger partial charge in [0.2, 0.25) is 5.91 Å². The van der Waals surface area contributed by atoms with Crippen molar-refractivity contribution >= 4 is 5.91 Å². The molecule has 0 aliphatic carbocycles. The van der Waals surface area contributed by atoms with Gasteiger partial charge in [-0.15, -0.1) is 0 Å². The smallest absolute Gasteiger partial charge is 0.373 e. The molecule has 1 atom stereocenters. The van der Waals surface area contributed by atoms with Gasteiger partial charge in [-0.05, 0) is 0 Å². The van der Waals surface area contributed by atoms with Crippen LogP contribution in [0.15, 0.2) is 0 Å². The predicted molar refractivity (Wildman–Crippen MR) is 46.0 cm³/mol. The maximum absolute atomic E-state index is 11.9. The van der Waals surface area contributed by atoms with Crippen molar-refractivity contribution in [3.05, 3.63) is 0 Å². The highest BCUT2D eigenvalue weighted by atomic mass is 19.4. The number of hydrogen-bond donors (Lipinski definition) is 1. The first-order valence-electron chi connectivity index (χ1n) is 4.58. The van der Waals surface area contributed by atoms with Crippen LogP contribution in [0, 0.1) is 0 Å². The van der Waals surface area contributed by atoms with Crippen molar-refractivity contribution < 1.29 is 22.7 Å². The maximum Gasteiger partial charge on any atom is 0.397 e. The maximum atomic E-state index is 11.9. The van der Waals surface area contributed by atoms with Gasteiger partial charge in [0.25, 0.3) is 0 Å². The Labute approximate surface area is 85.2 Å². The van der Waals surface area contributed by atoms with Crippen molar-refractivity contribution in [1.82, 2.24) is 4.90 Å². The molecule has 0 aromatic heterocycles. The van der Waals surface area contributed by atoms with Crippen LogP contribution in [0.5, 0.6) is 0 Å². The monoisotopic (exact) mass is 226 g/mol. The summed E-state index contributed by atoms with van der Waals surface area (Å²) in [7, 11) is 0. The summed E-state index contributed by atoms with van der Waals surface area (Å²) >= 11 is 0. The van der Waals surface area contributed by atoms with Crippen LogP contribution in [0.4, 0.5) is 13.2 Å². The number of hydrogen-bond acceptors (Lipinski definition) is 3. The molecule has 1 unspecified atom stereocenters. The zero-order valence-electron chi connectivity index (χ0n) is 8.09. The fraction of sp³-hybridized carbons (Fsp3) is 0.875. The van der Waals surface area contributed by atoms with Crippen LogP contribution in [0.3, 0.4) is 0 Å². The van der Waals surface area contributed by atoms with E-state index < -0.39 is 18.5 Å². The average molecular weight is 226 g/mol. The third-order valence-electron chi connectivity index (χ3n) is 2.11. The summed E-state index contributed by atoms with van der Waals surface area (Å²) in [5, 5.41) is 0. The van der Waals surface area contributed by atoms with Crippen LogP contribution in [0.1, 0.15) is 6.42 Å². The molecule has 2 N–H and O–H groups in total. The summed E-state index contributed by atoms with van der Waals surface area (Å²) in [5.41, 5.74) is 5.31. The van der Waals surface area contributed by atoms with Crippen LogP contribution in [0.25, 0.3) is 0 Å². The SMILES string of the molecule is NCC1CN(C(=O)CC(F)(F)F)CCO1. The molecule has 0 aromatic rings. The first-order valence-corrected chi connectivity index (χ1v) is 4.58. The number of ether oxygens (including phenoxy) is 1. The molecule has 1 heterocycles. The number of nitrogens with two attached hydrogens (primary N) is 1. The van der Waals surface area contributed by atoms with E-state index >= 15 is 0 Å². The molecule has 88 valence electrons. The minimum atomic E-state index is -4.45. The standard InChI is InChI=1S/C8H13F3N2O2/c9-8(10,11)3-7(14)13-1-2-15-6(4-12)5-13/h6H,1-5,12H2. The number of halogens is 3. The third-order valence-corrected chi connectivity index (χ3v) is 2.11. The zero-order valence-corrected chi connectivity index (χ0v) is 8.09. The second-order valence-electron chi connectivity index (χ2n) is 3.36. The molecule has 1 aliphatic rings. The topological polar surface area (TPSA) is 55.6 Å². The van der Waals surface area contributed by atoms with Gasteiger partial charge in [0.1, 0.15) is 6.42 Å². The third kappa shape index (κ3) is 4.05. The Morgan fingerprint density at radius 1 is 1.53 bits per heavy atom. The molecule has 1 amide bonds. The van der Waals surface area contributed by atoms with E-state index in [1.54, 1.807) is 0 Å². The molecular formula is C8H13F3N2O2. The van der Waals surface area contributed by atoms with Gasteiger partial charge in [-0.3, -0.25) is 4.79 Å². The lowest BCUT2D eigenvalue weighted by atomic mass is 10.2. The molecule has 0 bridgehead atoms. The molecule has 0 spiro atoms. The van der Waals surface area contributed by atoms with Gasteiger partial charge in [-0.2, -0.15) is 13.2 Å². The summed E-state index contributed by atoms with van der Waals surface area (Å²) in [4.78, 5) is 12.3. The van der Waals surface area contributed by atoms with Gasteiger partial charge in [0, 0.05) is 19.6 Å². The van der Waals surface area contributed by atoms with E-state index in [0.29, 0.717) is 0 Å². The van der Waals surface area contributed by atoms with Crippen LogP contribution < -0.4 is 5.73 Å². The summed E-state index contributed by atoms with van der Waals surface area (Å²) in [5.74, 6) is -0.913. The fourth-order valence-electron chi connectivity index (χ4n) is 1.37. The molecule has 15 heavy (non-hydrogen) atoms. The molecule has 0 radical (unpaired) electrons. The van der Waals surface area contributed by atoms with Gasteiger partial charge in [0.05, 0.1) is 12.7 Å². The Morgan fingerprint density at radius 3 is 2.73 bits per heavy atom. The second kappa shape index (κ2) is 4.80. The Hall–Kier alpha value is -0.820. The summed E-state index contributed by atoms with van der Waals surface area (Å²) in [6, 6.07) is 0. The van der Waals surface area contributed by atoms with Gasteiger partial charge in [-0.1, -0.05) is 0 Å².